The summed E-state index contributed by atoms with van der Waals surface area (Å²) in [5.41, 5.74) is -1.04. The van der Waals surface area contributed by atoms with Crippen LogP contribution >= 0.6 is 11.8 Å². The molecule has 108 valence electrons. The van der Waals surface area contributed by atoms with Crippen LogP contribution < -0.4 is 0 Å². The summed E-state index contributed by atoms with van der Waals surface area (Å²) in [6.45, 7) is 3.59. The molecule has 7 nitrogen and oxygen atoms in total. The molecule has 4 atom stereocenters. The molecule has 0 bridgehead atoms. The lowest BCUT2D eigenvalue weighted by Crippen LogP contribution is -2.54. The second-order valence-electron chi connectivity index (χ2n) is 4.02. The predicted octanol–water partition coefficient (Wildman–Crippen LogP) is -0.153. The van der Waals surface area contributed by atoms with Gasteiger partial charge in [0.05, 0.1) is 0 Å². The Morgan fingerprint density at radius 2 is 1.42 bits per heavy atom. The summed E-state index contributed by atoms with van der Waals surface area (Å²) in [6, 6.07) is 0. The number of carbonyl (C=O) groups excluding carboxylic acids is 3. The zero-order valence-electron chi connectivity index (χ0n) is 10.8. The van der Waals surface area contributed by atoms with Crippen molar-refractivity contribution in [2.24, 2.45) is 0 Å². The number of ether oxygens (including phenoxy) is 3. The summed E-state index contributed by atoms with van der Waals surface area (Å²) in [5.74, 6) is -1.53. The summed E-state index contributed by atoms with van der Waals surface area (Å²) >= 11 is 1.06. The highest BCUT2D eigenvalue weighted by atomic mass is 32.2. The van der Waals surface area contributed by atoms with E-state index in [0.717, 1.165) is 11.8 Å². The third-order valence-corrected chi connectivity index (χ3v) is 3.45. The lowest BCUT2D eigenvalue weighted by molar-refractivity contribution is -0.187. The number of aliphatic hydroxyl groups is 1. The van der Waals surface area contributed by atoms with Gasteiger partial charge in [0.15, 0.2) is 18.3 Å². The molecule has 1 aliphatic rings. The minimum Gasteiger partial charge on any atom is -0.458 e. The molecule has 19 heavy (non-hydrogen) atoms. The van der Waals surface area contributed by atoms with E-state index < -0.39 is 41.7 Å². The van der Waals surface area contributed by atoms with Gasteiger partial charge >= 0.3 is 17.9 Å². The van der Waals surface area contributed by atoms with Crippen molar-refractivity contribution in [3.63, 3.8) is 0 Å². The Labute approximate surface area is 114 Å². The van der Waals surface area contributed by atoms with Crippen LogP contribution in [0.4, 0.5) is 0 Å². The maximum atomic E-state index is 11.1. The Balaban J connectivity index is 2.89. The number of carbonyl (C=O) groups is 3. The van der Waals surface area contributed by atoms with E-state index in [2.05, 4.69) is 0 Å². The van der Waals surface area contributed by atoms with Crippen LogP contribution in [-0.4, -0.2) is 52.5 Å². The standard InChI is InChI=1S/C11H16O7S/c1-5(12)16-8-4-19-11(15)10(18-7(3)14)9(8)17-6(2)13/h8-11,15H,4H2,1-3H3/t8-,9+,10-,11+/m1/s1. The number of aliphatic hydroxyl groups excluding tert-OH is 1. The van der Waals surface area contributed by atoms with Crippen LogP contribution in [0, 0.1) is 0 Å². The van der Waals surface area contributed by atoms with Crippen molar-refractivity contribution in [3.05, 3.63) is 0 Å². The molecule has 0 aromatic heterocycles. The Bertz CT molecular complexity index is 370. The number of hydrogen-bond donors (Lipinski definition) is 1. The van der Waals surface area contributed by atoms with Crippen molar-refractivity contribution >= 4 is 29.7 Å². The Morgan fingerprint density at radius 1 is 0.947 bits per heavy atom. The quantitative estimate of drug-likeness (QED) is 0.566. The average molecular weight is 292 g/mol. The van der Waals surface area contributed by atoms with Gasteiger partial charge in [-0.3, -0.25) is 14.4 Å². The van der Waals surface area contributed by atoms with Crippen molar-refractivity contribution in [3.8, 4) is 0 Å². The van der Waals surface area contributed by atoms with Gasteiger partial charge in [0, 0.05) is 26.5 Å². The zero-order chi connectivity index (χ0) is 14.6. The van der Waals surface area contributed by atoms with Gasteiger partial charge < -0.3 is 19.3 Å². The number of hydrogen-bond acceptors (Lipinski definition) is 8. The van der Waals surface area contributed by atoms with Crippen molar-refractivity contribution in [2.75, 3.05) is 5.75 Å². The highest BCUT2D eigenvalue weighted by molar-refractivity contribution is 7.99. The van der Waals surface area contributed by atoms with Crippen molar-refractivity contribution in [1.29, 1.82) is 0 Å². The average Bonchev–Trinajstić information content (AvgIpc) is 2.25. The fourth-order valence-corrected chi connectivity index (χ4v) is 2.77. The summed E-state index contributed by atoms with van der Waals surface area (Å²) < 4.78 is 15.0. The third kappa shape index (κ3) is 4.71. The van der Waals surface area contributed by atoms with E-state index in [1.807, 2.05) is 0 Å². The van der Waals surface area contributed by atoms with E-state index in [1.54, 1.807) is 0 Å². The molecular formula is C11H16O7S. The first-order valence-corrected chi connectivity index (χ1v) is 6.67. The molecular weight excluding hydrogens is 276 g/mol. The Morgan fingerprint density at radius 3 is 1.89 bits per heavy atom. The molecule has 1 heterocycles. The van der Waals surface area contributed by atoms with Gasteiger partial charge in [0.1, 0.15) is 5.44 Å². The molecule has 8 heteroatoms. The SMILES string of the molecule is CC(=O)O[C@@H]1[C@@H](OC(C)=O)[C@@H](O)SC[C@H]1OC(C)=O. The maximum absolute atomic E-state index is 11.1. The number of esters is 3. The van der Waals surface area contributed by atoms with E-state index >= 15 is 0 Å². The predicted molar refractivity (Wildman–Crippen MR) is 65.1 cm³/mol. The van der Waals surface area contributed by atoms with Crippen LogP contribution in [-0.2, 0) is 28.6 Å². The number of thioether (sulfide) groups is 1. The van der Waals surface area contributed by atoms with E-state index in [0.29, 0.717) is 0 Å². The zero-order valence-corrected chi connectivity index (χ0v) is 11.6. The first-order valence-electron chi connectivity index (χ1n) is 5.62. The van der Waals surface area contributed by atoms with E-state index in [1.165, 1.54) is 20.8 Å². The first kappa shape index (κ1) is 15.8. The minimum absolute atomic E-state index is 0.246. The highest BCUT2D eigenvalue weighted by Gasteiger charge is 2.45. The van der Waals surface area contributed by atoms with Crippen LogP contribution in [0.5, 0.6) is 0 Å². The monoisotopic (exact) mass is 292 g/mol. The molecule has 0 amide bonds. The lowest BCUT2D eigenvalue weighted by Gasteiger charge is -2.38. The van der Waals surface area contributed by atoms with Gasteiger partial charge in [-0.25, -0.2) is 0 Å². The van der Waals surface area contributed by atoms with Crippen LogP contribution in [0.2, 0.25) is 0 Å². The smallest absolute Gasteiger partial charge is 0.303 e. The van der Waals surface area contributed by atoms with Crippen LogP contribution in [0.25, 0.3) is 0 Å². The largest absolute Gasteiger partial charge is 0.458 e. The van der Waals surface area contributed by atoms with Gasteiger partial charge in [0.25, 0.3) is 0 Å². The molecule has 0 aromatic carbocycles. The molecule has 1 fully saturated rings. The second kappa shape index (κ2) is 6.76. The van der Waals surface area contributed by atoms with Gasteiger partial charge in [0.2, 0.25) is 0 Å². The summed E-state index contributed by atoms with van der Waals surface area (Å²) in [7, 11) is 0. The summed E-state index contributed by atoms with van der Waals surface area (Å²) in [4.78, 5) is 33.1. The van der Waals surface area contributed by atoms with E-state index in [4.69, 9.17) is 14.2 Å². The molecule has 0 aromatic rings. The third-order valence-electron chi connectivity index (χ3n) is 2.32. The molecule has 1 N–H and O–H groups in total. The lowest BCUT2D eigenvalue weighted by atomic mass is 10.1. The van der Waals surface area contributed by atoms with Gasteiger partial charge in [-0.1, -0.05) is 0 Å². The van der Waals surface area contributed by atoms with Gasteiger partial charge in [-0.2, -0.15) is 0 Å². The molecule has 0 unspecified atom stereocenters. The summed E-state index contributed by atoms with van der Waals surface area (Å²) in [6.07, 6.45) is -2.84. The molecule has 1 aliphatic heterocycles. The van der Waals surface area contributed by atoms with Crippen LogP contribution in [0.1, 0.15) is 20.8 Å². The minimum atomic E-state index is -1.07. The van der Waals surface area contributed by atoms with Crippen LogP contribution in [0.3, 0.4) is 0 Å². The summed E-state index contributed by atoms with van der Waals surface area (Å²) in [5, 5.41) is 9.81. The normalized spacial score (nSPS) is 30.3. The Kier molecular flexibility index (Phi) is 5.61. The first-order chi connectivity index (χ1) is 8.81. The molecule has 0 saturated carbocycles. The number of rotatable bonds is 3. The second-order valence-corrected chi connectivity index (χ2v) is 5.17. The fourth-order valence-electron chi connectivity index (χ4n) is 1.72. The molecule has 0 aliphatic carbocycles. The van der Waals surface area contributed by atoms with E-state index in [9.17, 15) is 19.5 Å². The van der Waals surface area contributed by atoms with Crippen molar-refractivity contribution in [1.82, 2.24) is 0 Å². The fraction of sp³-hybridized carbons (Fsp3) is 0.727. The molecule has 1 rings (SSSR count). The van der Waals surface area contributed by atoms with E-state index in [-0.39, 0.29) is 5.75 Å². The van der Waals surface area contributed by atoms with Gasteiger partial charge in [-0.05, 0) is 0 Å². The Hall–Kier alpha value is -1.28. The van der Waals surface area contributed by atoms with Crippen molar-refractivity contribution < 1.29 is 33.7 Å². The van der Waals surface area contributed by atoms with Crippen molar-refractivity contribution in [2.45, 2.75) is 44.5 Å². The molecule has 1 saturated heterocycles. The molecule has 0 radical (unpaired) electrons. The van der Waals surface area contributed by atoms with Gasteiger partial charge in [-0.15, -0.1) is 11.8 Å². The topological polar surface area (TPSA) is 99.1 Å². The highest BCUT2D eigenvalue weighted by Crippen LogP contribution is 2.30. The van der Waals surface area contributed by atoms with Crippen LogP contribution in [0.15, 0.2) is 0 Å². The maximum Gasteiger partial charge on any atom is 0.303 e. The molecule has 0 spiro atoms.